The quantitative estimate of drug-likeness (QED) is 0.517. The van der Waals surface area contributed by atoms with Crippen LogP contribution in [0.25, 0.3) is 6.08 Å². The van der Waals surface area contributed by atoms with Crippen LogP contribution in [0.1, 0.15) is 11.1 Å². The number of allylic oxidation sites excluding steroid dienone is 1. The van der Waals surface area contributed by atoms with Gasteiger partial charge in [0.25, 0.3) is 0 Å². The summed E-state index contributed by atoms with van der Waals surface area (Å²) < 4.78 is 38.2. The molecule has 1 aromatic heterocycles. The highest BCUT2D eigenvalue weighted by Crippen LogP contribution is 2.32. The van der Waals surface area contributed by atoms with E-state index in [0.717, 1.165) is 17.7 Å². The molecule has 8 heteroatoms. The predicted molar refractivity (Wildman–Crippen MR) is 115 cm³/mol. The largest absolute Gasteiger partial charge is 0.493 e. The molecule has 0 aliphatic heterocycles. The zero-order valence-corrected chi connectivity index (χ0v) is 16.8. The van der Waals surface area contributed by atoms with Gasteiger partial charge in [-0.2, -0.15) is 5.26 Å². The maximum absolute atomic E-state index is 13.8. The van der Waals surface area contributed by atoms with Gasteiger partial charge in [-0.3, -0.25) is 4.99 Å². The number of pyridine rings is 1. The van der Waals surface area contributed by atoms with Crippen LogP contribution in [0.2, 0.25) is 0 Å². The van der Waals surface area contributed by atoms with Gasteiger partial charge in [0.05, 0.1) is 31.2 Å². The molecular weight excluding hydrogens is 402 g/mol. The topological polar surface area (TPSA) is 79.5 Å². The highest BCUT2D eigenvalue weighted by atomic mass is 19.2. The van der Waals surface area contributed by atoms with Gasteiger partial charge >= 0.3 is 0 Å². The summed E-state index contributed by atoms with van der Waals surface area (Å²) in [5.41, 5.74) is 1.54. The average molecular weight is 420 g/mol. The highest BCUT2D eigenvalue weighted by Gasteiger charge is 2.10. The normalized spacial score (nSPS) is 10.9. The zero-order chi connectivity index (χ0) is 22.2. The van der Waals surface area contributed by atoms with Gasteiger partial charge in [-0.05, 0) is 30.4 Å². The number of hydrogen-bond acceptors (Lipinski definition) is 6. The van der Waals surface area contributed by atoms with Crippen molar-refractivity contribution in [3.05, 3.63) is 77.5 Å². The maximum atomic E-state index is 13.8. The summed E-state index contributed by atoms with van der Waals surface area (Å²) in [6.45, 7) is 0. The van der Waals surface area contributed by atoms with E-state index in [1.54, 1.807) is 44.6 Å². The van der Waals surface area contributed by atoms with E-state index in [4.69, 9.17) is 14.7 Å². The lowest BCUT2D eigenvalue weighted by Gasteiger charge is -2.10. The second-order valence-corrected chi connectivity index (χ2v) is 6.17. The van der Waals surface area contributed by atoms with Crippen LogP contribution in [0.3, 0.4) is 0 Å². The van der Waals surface area contributed by atoms with Crippen LogP contribution in [-0.4, -0.2) is 25.4 Å². The summed E-state index contributed by atoms with van der Waals surface area (Å²) >= 11 is 0. The second kappa shape index (κ2) is 9.98. The molecule has 0 saturated carbocycles. The number of para-hydroxylation sites is 1. The lowest BCUT2D eigenvalue weighted by atomic mass is 10.1. The number of nitrogens with one attached hydrogen (secondary N) is 1. The van der Waals surface area contributed by atoms with Crippen molar-refractivity contribution in [2.45, 2.75) is 0 Å². The molecule has 0 amide bonds. The van der Waals surface area contributed by atoms with Crippen molar-refractivity contribution in [1.29, 1.82) is 5.26 Å². The number of halogens is 2. The number of nitrogens with zero attached hydrogens (tertiary/aromatic N) is 3. The van der Waals surface area contributed by atoms with Gasteiger partial charge in [-0.1, -0.05) is 12.1 Å². The lowest BCUT2D eigenvalue weighted by Crippen LogP contribution is -1.96. The third-order valence-electron chi connectivity index (χ3n) is 4.20. The van der Waals surface area contributed by atoms with Crippen LogP contribution in [-0.2, 0) is 0 Å². The zero-order valence-electron chi connectivity index (χ0n) is 16.8. The Hall–Kier alpha value is -4.25. The fourth-order valence-electron chi connectivity index (χ4n) is 2.73. The molecule has 3 rings (SSSR count). The van der Waals surface area contributed by atoms with Gasteiger partial charge in [0.1, 0.15) is 11.9 Å². The fraction of sp³-hybridized carbons (Fsp3) is 0.0870. The Balaban J connectivity index is 1.85. The first kappa shape index (κ1) is 21.5. The molecule has 0 spiro atoms. The van der Waals surface area contributed by atoms with Gasteiger partial charge in [0.15, 0.2) is 23.1 Å². The number of anilines is 2. The summed E-state index contributed by atoms with van der Waals surface area (Å²) in [7, 11) is 3.09. The summed E-state index contributed by atoms with van der Waals surface area (Å²) in [5.74, 6) is -0.533. The smallest absolute Gasteiger partial charge is 0.167 e. The van der Waals surface area contributed by atoms with E-state index in [-0.39, 0.29) is 11.4 Å². The SMILES string of the molecule is COc1cccc(/C=C/C=Nc2cc(F)c(F)cc2Nc2ccc(C#N)cn2)c1OC. The highest BCUT2D eigenvalue weighted by molar-refractivity contribution is 5.84. The minimum Gasteiger partial charge on any atom is -0.493 e. The molecule has 0 unspecified atom stereocenters. The van der Waals surface area contributed by atoms with Crippen LogP contribution in [0.5, 0.6) is 11.5 Å². The standard InChI is InChI=1S/C23H18F2N4O2/c1-30-21-7-3-5-16(23(21)31-2)6-4-10-27-19-11-17(24)18(25)12-20(19)29-22-9-8-15(13-26)14-28-22/h3-12,14H,1-2H3,(H,28,29)/b6-4+,27-10?. The minimum atomic E-state index is -1.02. The molecule has 0 aliphatic rings. The number of aliphatic imine (C=N–C) groups is 1. The number of aromatic nitrogens is 1. The summed E-state index contributed by atoms with van der Waals surface area (Å²) in [6, 6.07) is 12.5. The first-order valence-electron chi connectivity index (χ1n) is 9.09. The first-order valence-corrected chi connectivity index (χ1v) is 9.09. The first-order chi connectivity index (χ1) is 15.0. The molecular formula is C23H18F2N4O2. The fourth-order valence-corrected chi connectivity index (χ4v) is 2.73. The van der Waals surface area contributed by atoms with Gasteiger partial charge in [-0.25, -0.2) is 13.8 Å². The van der Waals surface area contributed by atoms with Gasteiger partial charge in [-0.15, -0.1) is 0 Å². The van der Waals surface area contributed by atoms with Crippen LogP contribution in [0, 0.1) is 23.0 Å². The predicted octanol–water partition coefficient (Wildman–Crippen LogP) is 5.41. The molecule has 1 N–H and O–H groups in total. The number of methoxy groups -OCH3 is 2. The van der Waals surface area contributed by atoms with Crippen molar-refractivity contribution >= 4 is 29.5 Å². The number of benzene rings is 2. The number of ether oxygens (including phenoxy) is 2. The van der Waals surface area contributed by atoms with Gasteiger partial charge < -0.3 is 14.8 Å². The van der Waals surface area contributed by atoms with E-state index in [1.807, 2.05) is 18.2 Å². The molecule has 0 fully saturated rings. The van der Waals surface area contributed by atoms with Crippen molar-refractivity contribution in [3.8, 4) is 17.6 Å². The molecule has 0 bridgehead atoms. The van der Waals surface area contributed by atoms with Crippen LogP contribution in [0.4, 0.5) is 26.0 Å². The molecule has 0 atom stereocenters. The Morgan fingerprint density at radius 1 is 1.10 bits per heavy atom. The Bertz CT molecular complexity index is 1170. The van der Waals surface area contributed by atoms with E-state index in [2.05, 4.69) is 15.3 Å². The Kier molecular flexibility index (Phi) is 6.91. The number of nitriles is 1. The lowest BCUT2D eigenvalue weighted by molar-refractivity contribution is 0.354. The summed E-state index contributed by atoms with van der Waals surface area (Å²) in [4.78, 5) is 8.29. The van der Waals surface area contributed by atoms with E-state index in [1.165, 1.54) is 12.4 Å². The van der Waals surface area contributed by atoms with Crippen LogP contribution >= 0.6 is 0 Å². The molecule has 2 aromatic carbocycles. The molecule has 0 radical (unpaired) electrons. The summed E-state index contributed by atoms with van der Waals surface area (Å²) in [6.07, 6.45) is 6.21. The van der Waals surface area contributed by atoms with Crippen molar-refractivity contribution < 1.29 is 18.3 Å². The third kappa shape index (κ3) is 5.22. The Labute approximate surface area is 178 Å². The van der Waals surface area contributed by atoms with Gasteiger partial charge in [0.2, 0.25) is 0 Å². The third-order valence-corrected chi connectivity index (χ3v) is 4.20. The van der Waals surface area contributed by atoms with Crippen molar-refractivity contribution in [2.24, 2.45) is 4.99 Å². The van der Waals surface area contributed by atoms with E-state index in [0.29, 0.717) is 22.9 Å². The van der Waals surface area contributed by atoms with Crippen LogP contribution in [0.15, 0.2) is 59.7 Å². The molecule has 1 heterocycles. The number of rotatable bonds is 7. The molecule has 0 aliphatic carbocycles. The van der Waals surface area contributed by atoms with Crippen molar-refractivity contribution in [3.63, 3.8) is 0 Å². The molecule has 3 aromatic rings. The maximum Gasteiger partial charge on any atom is 0.167 e. The molecule has 31 heavy (non-hydrogen) atoms. The van der Waals surface area contributed by atoms with E-state index < -0.39 is 11.6 Å². The Morgan fingerprint density at radius 2 is 1.90 bits per heavy atom. The van der Waals surface area contributed by atoms with Crippen molar-refractivity contribution in [1.82, 2.24) is 4.98 Å². The van der Waals surface area contributed by atoms with Crippen LogP contribution < -0.4 is 14.8 Å². The van der Waals surface area contributed by atoms with E-state index >= 15 is 0 Å². The average Bonchev–Trinajstić information content (AvgIpc) is 2.79. The monoisotopic (exact) mass is 420 g/mol. The van der Waals surface area contributed by atoms with Crippen molar-refractivity contribution in [2.75, 3.05) is 19.5 Å². The number of hydrogen-bond donors (Lipinski definition) is 1. The summed E-state index contributed by atoms with van der Waals surface area (Å²) in [5, 5.41) is 11.7. The van der Waals surface area contributed by atoms with E-state index in [9.17, 15) is 8.78 Å². The molecule has 156 valence electrons. The minimum absolute atomic E-state index is 0.173. The Morgan fingerprint density at radius 3 is 2.58 bits per heavy atom. The van der Waals surface area contributed by atoms with Gasteiger partial charge in [0, 0.05) is 30.1 Å². The molecule has 6 nitrogen and oxygen atoms in total. The molecule has 0 saturated heterocycles. The second-order valence-electron chi connectivity index (χ2n) is 6.17.